The van der Waals surface area contributed by atoms with Crippen LogP contribution in [0.1, 0.15) is 30.9 Å². The number of methoxy groups -OCH3 is 1. The van der Waals surface area contributed by atoms with E-state index in [-0.39, 0.29) is 29.8 Å². The van der Waals surface area contributed by atoms with Crippen LogP contribution in [0, 0.1) is 11.7 Å². The van der Waals surface area contributed by atoms with Crippen LogP contribution in [-0.2, 0) is 17.0 Å². The predicted octanol–water partition coefficient (Wildman–Crippen LogP) is 3.72. The number of nitrogens with zero attached hydrogens (tertiary/aromatic N) is 2. The third kappa shape index (κ3) is 9.85. The summed E-state index contributed by atoms with van der Waals surface area (Å²) in [7, 11) is 1.76. The number of thioether (sulfide) groups is 1. The highest BCUT2D eigenvalue weighted by atomic mass is 127. The molecule has 1 fully saturated rings. The van der Waals surface area contributed by atoms with Crippen molar-refractivity contribution in [3.63, 3.8) is 0 Å². The van der Waals surface area contributed by atoms with Crippen LogP contribution >= 0.6 is 35.7 Å². The van der Waals surface area contributed by atoms with E-state index in [1.165, 1.54) is 18.9 Å². The minimum absolute atomic E-state index is 0. The van der Waals surface area contributed by atoms with Crippen molar-refractivity contribution in [2.24, 2.45) is 10.9 Å². The summed E-state index contributed by atoms with van der Waals surface area (Å²) in [6.07, 6.45) is 4.43. The van der Waals surface area contributed by atoms with E-state index in [0.29, 0.717) is 12.5 Å². The average Bonchev–Trinajstić information content (AvgIpc) is 2.70. The maximum atomic E-state index is 13.5. The molecule has 1 aromatic carbocycles. The second kappa shape index (κ2) is 15.3. The molecule has 0 bridgehead atoms. The van der Waals surface area contributed by atoms with Gasteiger partial charge >= 0.3 is 0 Å². The first-order chi connectivity index (χ1) is 13.7. The Balaban J connectivity index is 0.00000420. The molecule has 1 aromatic rings. The molecule has 2 rings (SSSR count). The number of rotatable bonds is 10. The van der Waals surface area contributed by atoms with Gasteiger partial charge in [0.05, 0.1) is 13.2 Å². The van der Waals surface area contributed by atoms with Crippen molar-refractivity contribution in [1.29, 1.82) is 0 Å². The highest BCUT2D eigenvalue weighted by Crippen LogP contribution is 2.18. The number of likely N-dealkylation sites (tertiary alicyclic amines) is 1. The first-order valence-electron chi connectivity index (χ1n) is 10.2. The van der Waals surface area contributed by atoms with Crippen LogP contribution in [-0.4, -0.2) is 63.6 Å². The fourth-order valence-electron chi connectivity index (χ4n) is 3.42. The number of guanidine groups is 1. The molecule has 1 saturated heterocycles. The second-order valence-electron chi connectivity index (χ2n) is 7.20. The highest BCUT2D eigenvalue weighted by Gasteiger charge is 2.19. The Morgan fingerprint density at radius 1 is 1.28 bits per heavy atom. The fourth-order valence-corrected chi connectivity index (χ4v) is 4.00. The zero-order chi connectivity index (χ0) is 20.2. The Kier molecular flexibility index (Phi) is 13.9. The summed E-state index contributed by atoms with van der Waals surface area (Å²) in [5.41, 5.74) is 2.11. The molecule has 0 atom stereocenters. The van der Waals surface area contributed by atoms with Gasteiger partial charge in [-0.25, -0.2) is 9.38 Å². The third-order valence-corrected chi connectivity index (χ3v) is 5.70. The number of hydrogen-bond acceptors (Lipinski definition) is 4. The van der Waals surface area contributed by atoms with Gasteiger partial charge < -0.3 is 20.3 Å². The molecular weight excluding hydrogens is 502 g/mol. The SMILES string of the molecule is CCNC(=NCc1ccc(F)cc1CSC)NCC1CCN(CCOC)CC1.I. The molecule has 8 heteroatoms. The summed E-state index contributed by atoms with van der Waals surface area (Å²) < 4.78 is 18.7. The summed E-state index contributed by atoms with van der Waals surface area (Å²) in [6.45, 7) is 8.49. The number of piperidine rings is 1. The van der Waals surface area contributed by atoms with Crippen molar-refractivity contribution in [2.75, 3.05) is 52.7 Å². The van der Waals surface area contributed by atoms with Gasteiger partial charge in [-0.2, -0.15) is 11.8 Å². The van der Waals surface area contributed by atoms with Crippen LogP contribution in [0.5, 0.6) is 0 Å². The quantitative estimate of drug-likeness (QED) is 0.270. The van der Waals surface area contributed by atoms with E-state index in [4.69, 9.17) is 9.73 Å². The molecule has 0 aromatic heterocycles. The summed E-state index contributed by atoms with van der Waals surface area (Å²) in [5.74, 6) is 2.12. The van der Waals surface area contributed by atoms with E-state index in [9.17, 15) is 4.39 Å². The van der Waals surface area contributed by atoms with Crippen molar-refractivity contribution in [3.05, 3.63) is 35.1 Å². The molecule has 2 N–H and O–H groups in total. The predicted molar refractivity (Wildman–Crippen MR) is 133 cm³/mol. The Labute approximate surface area is 196 Å². The lowest BCUT2D eigenvalue weighted by Gasteiger charge is -2.32. The summed E-state index contributed by atoms with van der Waals surface area (Å²) >= 11 is 1.70. The van der Waals surface area contributed by atoms with Crippen LogP contribution in [0.4, 0.5) is 4.39 Å². The van der Waals surface area contributed by atoms with Gasteiger partial charge in [-0.3, -0.25) is 0 Å². The standard InChI is InChI=1S/C21H35FN4OS.HI/c1-4-23-21(24-14-17-7-9-26(10-8-17)11-12-27-2)25-15-18-5-6-20(22)13-19(18)16-28-3;/h5-6,13,17H,4,7-12,14-16H2,1-3H3,(H2,23,24,25);1H. The van der Waals surface area contributed by atoms with Crippen molar-refractivity contribution in [3.8, 4) is 0 Å². The Morgan fingerprint density at radius 2 is 2.03 bits per heavy atom. The van der Waals surface area contributed by atoms with Gasteiger partial charge in [0.2, 0.25) is 0 Å². The highest BCUT2D eigenvalue weighted by molar-refractivity contribution is 14.0. The molecule has 0 saturated carbocycles. The number of benzene rings is 1. The maximum Gasteiger partial charge on any atom is 0.191 e. The minimum atomic E-state index is -0.182. The topological polar surface area (TPSA) is 48.9 Å². The van der Waals surface area contributed by atoms with E-state index < -0.39 is 0 Å². The van der Waals surface area contributed by atoms with Crippen molar-refractivity contribution in [1.82, 2.24) is 15.5 Å². The molecule has 1 heterocycles. The number of halogens is 2. The maximum absolute atomic E-state index is 13.5. The average molecular weight is 539 g/mol. The Hall–Kier alpha value is -0.580. The smallest absolute Gasteiger partial charge is 0.191 e. The largest absolute Gasteiger partial charge is 0.383 e. The van der Waals surface area contributed by atoms with E-state index in [2.05, 4.69) is 22.5 Å². The number of ether oxygens (including phenoxy) is 1. The van der Waals surface area contributed by atoms with Gasteiger partial charge in [0, 0.05) is 32.5 Å². The van der Waals surface area contributed by atoms with Crippen molar-refractivity contribution >= 4 is 41.7 Å². The number of nitrogens with one attached hydrogen (secondary N) is 2. The summed E-state index contributed by atoms with van der Waals surface area (Å²) in [4.78, 5) is 7.21. The van der Waals surface area contributed by atoms with Crippen LogP contribution in [0.2, 0.25) is 0 Å². The van der Waals surface area contributed by atoms with Crippen LogP contribution in [0.15, 0.2) is 23.2 Å². The first kappa shape index (κ1) is 26.5. The lowest BCUT2D eigenvalue weighted by atomic mass is 9.97. The van der Waals surface area contributed by atoms with Crippen molar-refractivity contribution < 1.29 is 9.13 Å². The molecule has 0 unspecified atom stereocenters. The monoisotopic (exact) mass is 538 g/mol. The molecule has 1 aliphatic heterocycles. The van der Waals surface area contributed by atoms with Gasteiger partial charge in [0.1, 0.15) is 5.82 Å². The van der Waals surface area contributed by atoms with Crippen molar-refractivity contribution in [2.45, 2.75) is 32.1 Å². The number of hydrogen-bond donors (Lipinski definition) is 2. The van der Waals surface area contributed by atoms with Gasteiger partial charge in [-0.15, -0.1) is 24.0 Å². The number of aliphatic imine (C=N–C) groups is 1. The first-order valence-corrected chi connectivity index (χ1v) is 11.5. The van der Waals surface area contributed by atoms with Gasteiger partial charge in [0.15, 0.2) is 5.96 Å². The Morgan fingerprint density at radius 3 is 2.69 bits per heavy atom. The lowest BCUT2D eigenvalue weighted by molar-refractivity contribution is 0.121. The second-order valence-corrected chi connectivity index (χ2v) is 8.07. The minimum Gasteiger partial charge on any atom is -0.383 e. The zero-order valence-corrected chi connectivity index (χ0v) is 21.0. The van der Waals surface area contributed by atoms with E-state index in [0.717, 1.165) is 62.2 Å². The van der Waals surface area contributed by atoms with E-state index in [1.54, 1.807) is 24.9 Å². The molecule has 0 radical (unpaired) electrons. The lowest BCUT2D eigenvalue weighted by Crippen LogP contribution is -2.43. The third-order valence-electron chi connectivity index (χ3n) is 5.10. The molecule has 166 valence electrons. The van der Waals surface area contributed by atoms with Crippen LogP contribution in [0.25, 0.3) is 0 Å². The molecule has 0 spiro atoms. The van der Waals surface area contributed by atoms with Crippen LogP contribution < -0.4 is 10.6 Å². The fraction of sp³-hybridized carbons (Fsp3) is 0.667. The van der Waals surface area contributed by atoms with Crippen LogP contribution in [0.3, 0.4) is 0 Å². The zero-order valence-electron chi connectivity index (χ0n) is 17.9. The van der Waals surface area contributed by atoms with Gasteiger partial charge in [0.25, 0.3) is 0 Å². The molecule has 1 aliphatic rings. The molecule has 0 aliphatic carbocycles. The summed E-state index contributed by atoms with van der Waals surface area (Å²) in [6, 6.07) is 5.00. The molecule has 29 heavy (non-hydrogen) atoms. The molecular formula is C21H36FIN4OS. The summed E-state index contributed by atoms with van der Waals surface area (Å²) in [5, 5.41) is 6.82. The Bertz CT molecular complexity index is 612. The molecule has 5 nitrogen and oxygen atoms in total. The molecule has 0 amide bonds. The van der Waals surface area contributed by atoms with Gasteiger partial charge in [-0.1, -0.05) is 6.07 Å². The normalized spacial score (nSPS) is 15.8. The van der Waals surface area contributed by atoms with E-state index >= 15 is 0 Å². The van der Waals surface area contributed by atoms with E-state index in [1.807, 2.05) is 12.3 Å². The van der Waals surface area contributed by atoms with Gasteiger partial charge in [-0.05, 0) is 68.3 Å².